The van der Waals surface area contributed by atoms with Crippen LogP contribution in [0.3, 0.4) is 0 Å². The van der Waals surface area contributed by atoms with Crippen LogP contribution in [0.15, 0.2) is 24.3 Å². The van der Waals surface area contributed by atoms with E-state index in [0.717, 1.165) is 5.56 Å². The van der Waals surface area contributed by atoms with Crippen molar-refractivity contribution < 1.29 is 19.0 Å². The zero-order valence-electron chi connectivity index (χ0n) is 13.0. The maximum absolute atomic E-state index is 12.8. The van der Waals surface area contributed by atoms with Crippen LogP contribution in [0.4, 0.5) is 4.39 Å². The van der Waals surface area contributed by atoms with Gasteiger partial charge in [-0.15, -0.1) is 0 Å². The van der Waals surface area contributed by atoms with E-state index < -0.39 is 6.10 Å². The third-order valence-corrected chi connectivity index (χ3v) is 3.02. The van der Waals surface area contributed by atoms with Gasteiger partial charge in [-0.3, -0.25) is 0 Å². The summed E-state index contributed by atoms with van der Waals surface area (Å²) in [7, 11) is 0. The molecule has 1 rings (SSSR count). The van der Waals surface area contributed by atoms with Crippen molar-refractivity contribution in [2.45, 2.75) is 39.0 Å². The summed E-state index contributed by atoms with van der Waals surface area (Å²) in [5, 5.41) is 13.0. The van der Waals surface area contributed by atoms with E-state index in [4.69, 9.17) is 9.47 Å². The molecule has 0 bridgehead atoms. The van der Waals surface area contributed by atoms with Gasteiger partial charge < -0.3 is 19.9 Å². The minimum absolute atomic E-state index is 0.0459. The summed E-state index contributed by atoms with van der Waals surface area (Å²) in [6.07, 6.45) is -0.385. The van der Waals surface area contributed by atoms with Crippen LogP contribution in [-0.2, 0) is 9.47 Å². The molecule has 0 saturated heterocycles. The number of aliphatic hydroxyl groups excluding tert-OH is 1. The number of nitrogens with one attached hydrogen (secondary N) is 1. The summed E-state index contributed by atoms with van der Waals surface area (Å²) in [4.78, 5) is 0. The largest absolute Gasteiger partial charge is 0.389 e. The Hall–Kier alpha value is -1.01. The van der Waals surface area contributed by atoms with Gasteiger partial charge in [0.15, 0.2) is 0 Å². The Bertz CT molecular complexity index is 384. The van der Waals surface area contributed by atoms with Gasteiger partial charge in [0.25, 0.3) is 0 Å². The second kappa shape index (κ2) is 9.84. The fourth-order valence-electron chi connectivity index (χ4n) is 1.80. The topological polar surface area (TPSA) is 50.7 Å². The smallest absolute Gasteiger partial charge is 0.123 e. The standard InChI is InChI=1S/C16H26FNO3/c1-12(2)21-9-8-20-11-16(19)10-18-13(3)14-4-6-15(17)7-5-14/h4-7,12-13,16,18-19H,8-11H2,1-3H3/t13-,16?/m0/s1. The molecule has 120 valence electrons. The van der Waals surface area contributed by atoms with E-state index in [1.165, 1.54) is 12.1 Å². The fourth-order valence-corrected chi connectivity index (χ4v) is 1.80. The van der Waals surface area contributed by atoms with Crippen LogP contribution in [0, 0.1) is 5.82 Å². The normalized spacial score (nSPS) is 14.4. The van der Waals surface area contributed by atoms with Gasteiger partial charge in [0.2, 0.25) is 0 Å². The van der Waals surface area contributed by atoms with Gasteiger partial charge in [-0.05, 0) is 38.5 Å². The molecule has 1 unspecified atom stereocenters. The van der Waals surface area contributed by atoms with E-state index in [1.807, 2.05) is 20.8 Å². The highest BCUT2D eigenvalue weighted by molar-refractivity contribution is 5.19. The molecule has 1 aromatic carbocycles. The minimum atomic E-state index is -0.577. The molecule has 2 N–H and O–H groups in total. The molecule has 4 nitrogen and oxygen atoms in total. The molecule has 5 heteroatoms. The van der Waals surface area contributed by atoms with Gasteiger partial charge in [-0.1, -0.05) is 12.1 Å². The quantitative estimate of drug-likeness (QED) is 0.651. The van der Waals surface area contributed by atoms with Crippen LogP contribution >= 0.6 is 0 Å². The monoisotopic (exact) mass is 299 g/mol. The lowest BCUT2D eigenvalue weighted by atomic mass is 10.1. The zero-order valence-corrected chi connectivity index (χ0v) is 13.0. The number of halogens is 1. The van der Waals surface area contributed by atoms with Crippen LogP contribution < -0.4 is 5.32 Å². The van der Waals surface area contributed by atoms with Crippen LogP contribution in [-0.4, -0.2) is 43.7 Å². The first-order valence-electron chi connectivity index (χ1n) is 7.35. The Kier molecular flexibility index (Phi) is 8.45. The highest BCUT2D eigenvalue weighted by atomic mass is 19.1. The van der Waals surface area contributed by atoms with Crippen molar-refractivity contribution in [2.24, 2.45) is 0 Å². The predicted octanol–water partition coefficient (Wildman–Crippen LogP) is 2.28. The van der Waals surface area contributed by atoms with E-state index in [0.29, 0.717) is 19.8 Å². The molecular weight excluding hydrogens is 273 g/mol. The van der Waals surface area contributed by atoms with E-state index in [2.05, 4.69) is 5.32 Å². The molecule has 0 saturated carbocycles. The van der Waals surface area contributed by atoms with Crippen LogP contribution in [0.1, 0.15) is 32.4 Å². The third-order valence-electron chi connectivity index (χ3n) is 3.02. The minimum Gasteiger partial charge on any atom is -0.389 e. The third kappa shape index (κ3) is 8.12. The van der Waals surface area contributed by atoms with Crippen LogP contribution in [0.25, 0.3) is 0 Å². The maximum Gasteiger partial charge on any atom is 0.123 e. The summed E-state index contributed by atoms with van der Waals surface area (Å²) in [6, 6.07) is 6.38. The van der Waals surface area contributed by atoms with Gasteiger partial charge in [-0.2, -0.15) is 0 Å². The molecule has 0 aliphatic carbocycles. The molecule has 21 heavy (non-hydrogen) atoms. The Balaban J connectivity index is 2.14. The lowest BCUT2D eigenvalue weighted by molar-refractivity contribution is -0.0104. The second-order valence-electron chi connectivity index (χ2n) is 5.33. The lowest BCUT2D eigenvalue weighted by Gasteiger charge is -2.18. The Labute approximate surface area is 126 Å². The number of rotatable bonds is 10. The number of benzene rings is 1. The summed E-state index contributed by atoms with van der Waals surface area (Å²) in [5.41, 5.74) is 0.981. The second-order valence-corrected chi connectivity index (χ2v) is 5.33. The number of hydrogen-bond donors (Lipinski definition) is 2. The molecule has 0 aliphatic rings. The SMILES string of the molecule is CC(C)OCCOCC(O)CN[C@@H](C)c1ccc(F)cc1. The summed E-state index contributed by atoms with van der Waals surface area (Å²) in [6.45, 7) is 7.60. The van der Waals surface area contributed by atoms with Gasteiger partial charge in [0.05, 0.1) is 32.0 Å². The molecular formula is C16H26FNO3. The van der Waals surface area contributed by atoms with Crippen molar-refractivity contribution in [3.8, 4) is 0 Å². The molecule has 2 atom stereocenters. The highest BCUT2D eigenvalue weighted by Crippen LogP contribution is 2.12. The predicted molar refractivity (Wildman–Crippen MR) is 80.7 cm³/mol. The Morgan fingerprint density at radius 1 is 1.14 bits per heavy atom. The van der Waals surface area contributed by atoms with Crippen molar-refractivity contribution >= 4 is 0 Å². The number of ether oxygens (including phenoxy) is 2. The average Bonchev–Trinajstić information content (AvgIpc) is 2.44. The first-order chi connectivity index (χ1) is 9.99. The summed E-state index contributed by atoms with van der Waals surface area (Å²) >= 11 is 0. The van der Waals surface area contributed by atoms with Gasteiger partial charge in [0.1, 0.15) is 5.82 Å². The fraction of sp³-hybridized carbons (Fsp3) is 0.625. The maximum atomic E-state index is 12.8. The van der Waals surface area contributed by atoms with E-state index in [9.17, 15) is 9.50 Å². The Morgan fingerprint density at radius 3 is 2.43 bits per heavy atom. The molecule has 1 aromatic rings. The van der Waals surface area contributed by atoms with Crippen molar-refractivity contribution in [1.29, 1.82) is 0 Å². The van der Waals surface area contributed by atoms with Gasteiger partial charge >= 0.3 is 0 Å². The zero-order chi connectivity index (χ0) is 15.7. The average molecular weight is 299 g/mol. The molecule has 0 aliphatic heterocycles. The van der Waals surface area contributed by atoms with Crippen LogP contribution in [0.5, 0.6) is 0 Å². The van der Waals surface area contributed by atoms with E-state index in [-0.39, 0.29) is 24.6 Å². The number of aliphatic hydroxyl groups is 1. The number of hydrogen-bond acceptors (Lipinski definition) is 4. The molecule has 0 radical (unpaired) electrons. The highest BCUT2D eigenvalue weighted by Gasteiger charge is 2.09. The molecule has 0 spiro atoms. The Morgan fingerprint density at radius 2 is 1.81 bits per heavy atom. The van der Waals surface area contributed by atoms with Crippen LogP contribution in [0.2, 0.25) is 0 Å². The first kappa shape index (κ1) is 18.0. The van der Waals surface area contributed by atoms with E-state index >= 15 is 0 Å². The van der Waals surface area contributed by atoms with E-state index in [1.54, 1.807) is 12.1 Å². The molecule has 0 heterocycles. The lowest BCUT2D eigenvalue weighted by Crippen LogP contribution is -2.32. The van der Waals surface area contributed by atoms with Crippen molar-refractivity contribution in [3.05, 3.63) is 35.6 Å². The molecule has 0 amide bonds. The summed E-state index contributed by atoms with van der Waals surface area (Å²) < 4.78 is 23.5. The molecule has 0 fully saturated rings. The van der Waals surface area contributed by atoms with Crippen molar-refractivity contribution in [1.82, 2.24) is 5.32 Å². The first-order valence-corrected chi connectivity index (χ1v) is 7.35. The van der Waals surface area contributed by atoms with Gasteiger partial charge in [0, 0.05) is 12.6 Å². The van der Waals surface area contributed by atoms with Gasteiger partial charge in [-0.25, -0.2) is 4.39 Å². The summed E-state index contributed by atoms with van der Waals surface area (Å²) in [5.74, 6) is -0.247. The van der Waals surface area contributed by atoms with Crippen molar-refractivity contribution in [3.63, 3.8) is 0 Å². The molecule has 0 aromatic heterocycles. The van der Waals surface area contributed by atoms with Crippen molar-refractivity contribution in [2.75, 3.05) is 26.4 Å².